The zero-order chi connectivity index (χ0) is 34.4. The van der Waals surface area contributed by atoms with E-state index in [1.807, 2.05) is 13.0 Å². The third-order valence-corrected chi connectivity index (χ3v) is 7.86. The van der Waals surface area contributed by atoms with Gasteiger partial charge in [-0.05, 0) is 74.1 Å². The second-order valence-corrected chi connectivity index (χ2v) is 11.8. The first kappa shape index (κ1) is 37.7. The summed E-state index contributed by atoms with van der Waals surface area (Å²) in [5.74, 6) is -0.934. The van der Waals surface area contributed by atoms with Crippen LogP contribution in [-0.4, -0.2) is 67.6 Å². The molecular weight excluding hydrogens is 666 g/mol. The van der Waals surface area contributed by atoms with Crippen molar-refractivity contribution in [2.45, 2.75) is 52.5 Å². The second kappa shape index (κ2) is 17.0. The van der Waals surface area contributed by atoms with E-state index in [0.717, 1.165) is 23.3 Å². The molecule has 49 heavy (non-hydrogen) atoms. The summed E-state index contributed by atoms with van der Waals surface area (Å²) >= 11 is 0. The SMILES string of the molecule is CCCN(C(=O)OCOC(=O)Cc1ccc(OP([O-])O)cc1)C(=O)c1cn2ncnc(Nc3cc(C(=O)NC4CC4)ccc3C)c2c1C.[Na+]. The van der Waals surface area contributed by atoms with E-state index in [9.17, 15) is 24.1 Å². The predicted molar refractivity (Wildman–Crippen MR) is 171 cm³/mol. The molecular formula is C32H34N6NaO9P. The van der Waals surface area contributed by atoms with Crippen LogP contribution < -0.4 is 49.6 Å². The second-order valence-electron chi connectivity index (χ2n) is 11.1. The molecule has 0 radical (unpaired) electrons. The Morgan fingerprint density at radius 3 is 2.51 bits per heavy atom. The number of aromatic nitrogens is 3. The minimum Gasteiger partial charge on any atom is -0.776 e. The molecule has 2 aromatic heterocycles. The van der Waals surface area contributed by atoms with Gasteiger partial charge in [0.2, 0.25) is 6.79 Å². The quantitative estimate of drug-likeness (QED) is 0.0765. The maximum absolute atomic E-state index is 13.7. The van der Waals surface area contributed by atoms with Crippen molar-refractivity contribution in [3.05, 3.63) is 82.8 Å². The summed E-state index contributed by atoms with van der Waals surface area (Å²) in [6.45, 7) is 4.72. The van der Waals surface area contributed by atoms with Crippen molar-refractivity contribution in [1.29, 1.82) is 0 Å². The number of benzene rings is 2. The van der Waals surface area contributed by atoms with Crippen molar-refractivity contribution in [1.82, 2.24) is 24.8 Å². The van der Waals surface area contributed by atoms with Gasteiger partial charge in [-0.3, -0.25) is 14.4 Å². The third-order valence-electron chi connectivity index (χ3n) is 7.49. The largest absolute Gasteiger partial charge is 1.00 e. The van der Waals surface area contributed by atoms with E-state index < -0.39 is 33.4 Å². The number of fused-ring (bicyclic) bond motifs is 1. The van der Waals surface area contributed by atoms with Crippen LogP contribution in [0.4, 0.5) is 16.3 Å². The summed E-state index contributed by atoms with van der Waals surface area (Å²) in [5, 5.41) is 10.5. The number of nitrogens with zero attached hydrogens (tertiary/aromatic N) is 4. The average Bonchev–Trinajstić information content (AvgIpc) is 3.80. The molecule has 1 saturated carbocycles. The van der Waals surface area contributed by atoms with Crippen molar-refractivity contribution < 1.29 is 72.5 Å². The molecule has 3 N–H and O–H groups in total. The maximum Gasteiger partial charge on any atom is 1.00 e. The van der Waals surface area contributed by atoms with Crippen molar-refractivity contribution in [2.75, 3.05) is 18.7 Å². The molecule has 1 fully saturated rings. The van der Waals surface area contributed by atoms with Gasteiger partial charge in [0, 0.05) is 30.0 Å². The minimum atomic E-state index is -2.81. The summed E-state index contributed by atoms with van der Waals surface area (Å²) in [4.78, 5) is 76.5. The van der Waals surface area contributed by atoms with Crippen LogP contribution in [0.3, 0.4) is 0 Å². The maximum atomic E-state index is 13.7. The topological polar surface area (TPSA) is 197 Å². The Bertz CT molecular complexity index is 1830. The van der Waals surface area contributed by atoms with Crippen molar-refractivity contribution in [3.8, 4) is 5.75 Å². The molecule has 17 heteroatoms. The molecule has 2 heterocycles. The molecule has 1 atom stereocenters. The summed E-state index contributed by atoms with van der Waals surface area (Å²) in [6, 6.07) is 11.5. The van der Waals surface area contributed by atoms with Crippen LogP contribution in [-0.2, 0) is 20.7 Å². The first-order chi connectivity index (χ1) is 23.0. The first-order valence-corrected chi connectivity index (χ1v) is 16.3. The van der Waals surface area contributed by atoms with Gasteiger partial charge in [-0.1, -0.05) is 25.1 Å². The molecule has 1 unspecified atom stereocenters. The molecule has 0 saturated heterocycles. The summed E-state index contributed by atoms with van der Waals surface area (Å²) in [5.41, 5.74) is 3.76. The van der Waals surface area contributed by atoms with Crippen LogP contribution >= 0.6 is 8.60 Å². The van der Waals surface area contributed by atoms with Gasteiger partial charge < -0.3 is 34.4 Å². The molecule has 252 valence electrons. The average molecular weight is 701 g/mol. The van der Waals surface area contributed by atoms with Gasteiger partial charge in [0.25, 0.3) is 11.8 Å². The Balaban J connectivity index is 0.00000541. The summed E-state index contributed by atoms with van der Waals surface area (Å²) < 4.78 is 16.3. The number of hydrogen-bond acceptors (Lipinski definition) is 12. The fourth-order valence-corrected chi connectivity index (χ4v) is 5.14. The van der Waals surface area contributed by atoms with E-state index in [4.69, 9.17) is 14.4 Å². The number of nitrogens with one attached hydrogen (secondary N) is 2. The van der Waals surface area contributed by atoms with Gasteiger partial charge in [-0.15, -0.1) is 0 Å². The summed E-state index contributed by atoms with van der Waals surface area (Å²) in [6.07, 6.45) is 4.06. The van der Waals surface area contributed by atoms with Gasteiger partial charge in [0.05, 0.1) is 12.0 Å². The van der Waals surface area contributed by atoms with Crippen molar-refractivity contribution in [3.63, 3.8) is 0 Å². The van der Waals surface area contributed by atoms with Crippen LogP contribution in [0.15, 0.2) is 55.0 Å². The predicted octanol–water partition coefficient (Wildman–Crippen LogP) is 0.676. The van der Waals surface area contributed by atoms with Gasteiger partial charge in [0.1, 0.15) is 26.2 Å². The monoisotopic (exact) mass is 700 g/mol. The molecule has 1 aliphatic rings. The zero-order valence-corrected chi connectivity index (χ0v) is 30.4. The van der Waals surface area contributed by atoms with Crippen molar-refractivity contribution in [2.24, 2.45) is 0 Å². The molecule has 1 aliphatic carbocycles. The van der Waals surface area contributed by atoms with Crippen LogP contribution in [0, 0.1) is 13.8 Å². The van der Waals surface area contributed by atoms with Gasteiger partial charge in [0.15, 0.2) is 5.82 Å². The number of ether oxygens (including phenoxy) is 2. The molecule has 15 nitrogen and oxygen atoms in total. The Morgan fingerprint density at radius 2 is 1.84 bits per heavy atom. The van der Waals surface area contributed by atoms with Crippen LogP contribution in [0.5, 0.6) is 5.75 Å². The fourth-order valence-electron chi connectivity index (χ4n) is 4.83. The molecule has 5 rings (SSSR count). The number of esters is 1. The van der Waals surface area contributed by atoms with E-state index >= 15 is 0 Å². The zero-order valence-electron chi connectivity index (χ0n) is 27.5. The van der Waals surface area contributed by atoms with E-state index in [0.29, 0.717) is 40.1 Å². The third kappa shape index (κ3) is 9.75. The number of rotatable bonds is 13. The molecule has 0 bridgehead atoms. The number of amides is 3. The summed E-state index contributed by atoms with van der Waals surface area (Å²) in [7, 11) is -2.81. The fraction of sp³-hybridized carbons (Fsp3) is 0.312. The van der Waals surface area contributed by atoms with Crippen molar-refractivity contribution >= 4 is 49.5 Å². The van der Waals surface area contributed by atoms with Crippen LogP contribution in [0.2, 0.25) is 0 Å². The van der Waals surface area contributed by atoms with Gasteiger partial charge in [-0.25, -0.2) is 19.2 Å². The molecule has 4 aromatic rings. The number of anilines is 2. The number of aryl methyl sites for hydroxylation is 2. The standard InChI is InChI=1S/C32H34N6O9P.Na/c1-4-13-37(32(42)46-18-45-27(39)14-21-6-11-24(12-7-21)47-48(43)44)31(41)25-16-38-28(20(25)3)29(33-17-34-38)36-26-15-22(8-5-19(26)2)30(40)35-23-9-10-23;/h5-8,11-12,15-17,23,43H,4,9-10,13-14,18H2,1-3H3,(H,35,40)(H,33,34,36);/q-1;+1. The molecule has 0 aliphatic heterocycles. The van der Waals surface area contributed by atoms with Gasteiger partial charge in [-0.2, -0.15) is 5.10 Å². The molecule has 3 amide bonds. The smallest absolute Gasteiger partial charge is 0.776 e. The minimum absolute atomic E-state index is 0. The van der Waals surface area contributed by atoms with E-state index in [1.165, 1.54) is 41.3 Å². The molecule has 0 spiro atoms. The Kier molecular flexibility index (Phi) is 13.1. The Labute approximate surface area is 305 Å². The van der Waals surface area contributed by atoms with Crippen LogP contribution in [0.1, 0.15) is 63.6 Å². The molecule has 2 aromatic carbocycles. The number of carbonyl (C=O) groups is 4. The Morgan fingerprint density at radius 1 is 1.10 bits per heavy atom. The first-order valence-electron chi connectivity index (χ1n) is 15.1. The van der Waals surface area contributed by atoms with Gasteiger partial charge >= 0.3 is 41.6 Å². The Hall–Kier alpha value is -4.11. The number of imide groups is 1. The van der Waals surface area contributed by atoms with E-state index in [-0.39, 0.29) is 65.8 Å². The normalized spacial score (nSPS) is 12.8. The number of hydrogen-bond donors (Lipinski definition) is 3. The van der Waals surface area contributed by atoms with E-state index in [1.54, 1.807) is 26.0 Å². The number of carbonyl (C=O) groups excluding carboxylic acids is 4. The van der Waals surface area contributed by atoms with E-state index in [2.05, 4.69) is 25.2 Å². The van der Waals surface area contributed by atoms with Crippen LogP contribution in [0.25, 0.3) is 5.52 Å².